The Morgan fingerprint density at radius 2 is 1.54 bits per heavy atom. The molecular formula is C22H16FN3OS. The van der Waals surface area contributed by atoms with Crippen molar-refractivity contribution in [2.24, 2.45) is 0 Å². The Kier molecular flexibility index (Phi) is 5.21. The smallest absolute Gasteiger partial charge is 0.257 e. The van der Waals surface area contributed by atoms with Gasteiger partial charge in [-0.05, 0) is 53.9 Å². The van der Waals surface area contributed by atoms with Crippen molar-refractivity contribution < 1.29 is 9.18 Å². The lowest BCUT2D eigenvalue weighted by atomic mass is 10.0. The van der Waals surface area contributed by atoms with E-state index in [1.165, 1.54) is 29.0 Å². The molecule has 138 valence electrons. The molecule has 6 heteroatoms. The van der Waals surface area contributed by atoms with E-state index in [1.807, 2.05) is 30.3 Å². The number of anilines is 1. The van der Waals surface area contributed by atoms with Crippen LogP contribution in [-0.2, 0) is 6.42 Å². The van der Waals surface area contributed by atoms with E-state index in [4.69, 9.17) is 0 Å². The SMILES string of the molecule is O=C(Nc1nnc(-c2ccc(F)cc2)s1)c1ccc(Cc2ccccc2)cc1. The molecule has 0 atom stereocenters. The molecule has 0 saturated heterocycles. The second kappa shape index (κ2) is 8.10. The predicted molar refractivity (Wildman–Crippen MR) is 109 cm³/mol. The largest absolute Gasteiger partial charge is 0.296 e. The molecule has 0 aliphatic carbocycles. The average molecular weight is 389 g/mol. The highest BCUT2D eigenvalue weighted by atomic mass is 32.1. The van der Waals surface area contributed by atoms with E-state index in [0.29, 0.717) is 15.7 Å². The van der Waals surface area contributed by atoms with Crippen LogP contribution in [0, 0.1) is 5.82 Å². The maximum atomic E-state index is 13.0. The van der Waals surface area contributed by atoms with Crippen molar-refractivity contribution in [2.45, 2.75) is 6.42 Å². The molecule has 0 unspecified atom stereocenters. The van der Waals surface area contributed by atoms with Gasteiger partial charge in [0.2, 0.25) is 5.13 Å². The summed E-state index contributed by atoms with van der Waals surface area (Å²) in [6.07, 6.45) is 0.820. The van der Waals surface area contributed by atoms with E-state index in [-0.39, 0.29) is 11.7 Å². The van der Waals surface area contributed by atoms with Crippen molar-refractivity contribution in [3.05, 3.63) is 101 Å². The maximum Gasteiger partial charge on any atom is 0.257 e. The summed E-state index contributed by atoms with van der Waals surface area (Å²) >= 11 is 1.24. The Labute approximate surface area is 165 Å². The highest BCUT2D eigenvalue weighted by Gasteiger charge is 2.11. The molecule has 0 radical (unpaired) electrons. The van der Waals surface area contributed by atoms with Crippen LogP contribution in [0.5, 0.6) is 0 Å². The molecule has 1 amide bonds. The van der Waals surface area contributed by atoms with Crippen LogP contribution in [0.4, 0.5) is 9.52 Å². The summed E-state index contributed by atoms with van der Waals surface area (Å²) in [5.74, 6) is -0.550. The van der Waals surface area contributed by atoms with Crippen LogP contribution in [0.2, 0.25) is 0 Å². The van der Waals surface area contributed by atoms with Crippen molar-refractivity contribution in [3.8, 4) is 10.6 Å². The fourth-order valence-corrected chi connectivity index (χ4v) is 3.50. The Balaban J connectivity index is 1.42. The van der Waals surface area contributed by atoms with Gasteiger partial charge in [0.25, 0.3) is 5.91 Å². The minimum Gasteiger partial charge on any atom is -0.296 e. The number of benzene rings is 3. The lowest BCUT2D eigenvalue weighted by molar-refractivity contribution is 0.102. The summed E-state index contributed by atoms with van der Waals surface area (Å²) in [6.45, 7) is 0. The Morgan fingerprint density at radius 3 is 2.25 bits per heavy atom. The van der Waals surface area contributed by atoms with Crippen molar-refractivity contribution in [1.82, 2.24) is 10.2 Å². The summed E-state index contributed by atoms with van der Waals surface area (Å²) in [5, 5.41) is 11.8. The fourth-order valence-electron chi connectivity index (χ4n) is 2.76. The molecule has 4 aromatic rings. The number of hydrogen-bond donors (Lipinski definition) is 1. The first-order chi connectivity index (χ1) is 13.7. The van der Waals surface area contributed by atoms with Gasteiger partial charge in [-0.1, -0.05) is 53.8 Å². The number of halogens is 1. The number of carbonyl (C=O) groups is 1. The van der Waals surface area contributed by atoms with Crippen molar-refractivity contribution >= 4 is 22.4 Å². The van der Waals surface area contributed by atoms with Gasteiger partial charge in [0, 0.05) is 11.1 Å². The normalized spacial score (nSPS) is 10.6. The van der Waals surface area contributed by atoms with Gasteiger partial charge in [-0.2, -0.15) is 0 Å². The molecular weight excluding hydrogens is 373 g/mol. The Hall–Kier alpha value is -3.38. The van der Waals surface area contributed by atoms with E-state index in [0.717, 1.165) is 17.5 Å². The third-order valence-electron chi connectivity index (χ3n) is 4.20. The van der Waals surface area contributed by atoms with Gasteiger partial charge in [-0.15, -0.1) is 10.2 Å². The minimum absolute atomic E-state index is 0.243. The lowest BCUT2D eigenvalue weighted by Crippen LogP contribution is -2.11. The van der Waals surface area contributed by atoms with Crippen LogP contribution in [0.1, 0.15) is 21.5 Å². The summed E-state index contributed by atoms with van der Waals surface area (Å²) in [4.78, 5) is 12.5. The monoisotopic (exact) mass is 389 g/mol. The number of amides is 1. The predicted octanol–water partition coefficient (Wildman–Crippen LogP) is 5.19. The first kappa shape index (κ1) is 18.0. The van der Waals surface area contributed by atoms with Crippen molar-refractivity contribution in [1.29, 1.82) is 0 Å². The van der Waals surface area contributed by atoms with E-state index in [1.54, 1.807) is 24.3 Å². The summed E-state index contributed by atoms with van der Waals surface area (Å²) in [7, 11) is 0. The molecule has 0 fully saturated rings. The Morgan fingerprint density at radius 1 is 0.857 bits per heavy atom. The number of aromatic nitrogens is 2. The third-order valence-corrected chi connectivity index (χ3v) is 5.09. The molecule has 0 bridgehead atoms. The lowest BCUT2D eigenvalue weighted by Gasteiger charge is -2.04. The van der Waals surface area contributed by atoms with Crippen LogP contribution < -0.4 is 5.32 Å². The molecule has 1 heterocycles. The van der Waals surface area contributed by atoms with Crippen molar-refractivity contribution in [2.75, 3.05) is 5.32 Å². The second-order valence-corrected chi connectivity index (χ2v) is 7.21. The number of nitrogens with zero attached hydrogens (tertiary/aromatic N) is 2. The Bertz CT molecular complexity index is 1080. The molecule has 0 aliphatic rings. The zero-order chi connectivity index (χ0) is 19.3. The van der Waals surface area contributed by atoms with E-state index >= 15 is 0 Å². The van der Waals surface area contributed by atoms with E-state index < -0.39 is 0 Å². The van der Waals surface area contributed by atoms with Gasteiger partial charge >= 0.3 is 0 Å². The highest BCUT2D eigenvalue weighted by molar-refractivity contribution is 7.18. The first-order valence-corrected chi connectivity index (χ1v) is 9.53. The molecule has 3 aromatic carbocycles. The van der Waals surface area contributed by atoms with Crippen LogP contribution >= 0.6 is 11.3 Å². The van der Waals surface area contributed by atoms with E-state index in [9.17, 15) is 9.18 Å². The zero-order valence-corrected chi connectivity index (χ0v) is 15.6. The zero-order valence-electron chi connectivity index (χ0n) is 14.8. The summed E-state index contributed by atoms with van der Waals surface area (Å²) in [6, 6.07) is 23.7. The highest BCUT2D eigenvalue weighted by Crippen LogP contribution is 2.26. The van der Waals surface area contributed by atoms with E-state index in [2.05, 4.69) is 27.6 Å². The average Bonchev–Trinajstić information content (AvgIpc) is 3.18. The number of nitrogens with one attached hydrogen (secondary N) is 1. The van der Waals surface area contributed by atoms with Gasteiger partial charge in [0.05, 0.1) is 0 Å². The van der Waals surface area contributed by atoms with Crippen LogP contribution in [-0.4, -0.2) is 16.1 Å². The van der Waals surface area contributed by atoms with Gasteiger partial charge in [-0.25, -0.2) is 4.39 Å². The van der Waals surface area contributed by atoms with Crippen LogP contribution in [0.25, 0.3) is 10.6 Å². The summed E-state index contributed by atoms with van der Waals surface area (Å²) in [5.41, 5.74) is 3.67. The topological polar surface area (TPSA) is 54.9 Å². The maximum absolute atomic E-state index is 13.0. The molecule has 1 aromatic heterocycles. The molecule has 1 N–H and O–H groups in total. The quantitative estimate of drug-likeness (QED) is 0.511. The molecule has 28 heavy (non-hydrogen) atoms. The third kappa shape index (κ3) is 4.29. The fraction of sp³-hybridized carbons (Fsp3) is 0.0455. The van der Waals surface area contributed by atoms with Gasteiger partial charge in [0.15, 0.2) is 0 Å². The van der Waals surface area contributed by atoms with Gasteiger partial charge in [-0.3, -0.25) is 10.1 Å². The van der Waals surface area contributed by atoms with Crippen LogP contribution in [0.3, 0.4) is 0 Å². The van der Waals surface area contributed by atoms with Crippen molar-refractivity contribution in [3.63, 3.8) is 0 Å². The standard InChI is InChI=1S/C22H16FN3OS/c23-19-12-10-18(11-13-19)21-25-26-22(28-21)24-20(27)17-8-6-16(7-9-17)14-15-4-2-1-3-5-15/h1-13H,14H2,(H,24,26,27). The minimum atomic E-state index is -0.308. The van der Waals surface area contributed by atoms with Crippen LogP contribution in [0.15, 0.2) is 78.9 Å². The number of carbonyl (C=O) groups excluding carboxylic acids is 1. The first-order valence-electron chi connectivity index (χ1n) is 8.71. The number of hydrogen-bond acceptors (Lipinski definition) is 4. The second-order valence-electron chi connectivity index (χ2n) is 6.23. The summed E-state index contributed by atoms with van der Waals surface area (Å²) < 4.78 is 13.0. The molecule has 0 spiro atoms. The molecule has 0 aliphatic heterocycles. The number of rotatable bonds is 5. The van der Waals surface area contributed by atoms with Gasteiger partial charge < -0.3 is 0 Å². The molecule has 4 rings (SSSR count). The molecule has 4 nitrogen and oxygen atoms in total. The molecule has 0 saturated carbocycles. The van der Waals surface area contributed by atoms with Gasteiger partial charge in [0.1, 0.15) is 10.8 Å².